The smallest absolute Gasteiger partial charge is 0.135 e. The molecule has 11 rings (SSSR count). The van der Waals surface area contributed by atoms with Crippen molar-refractivity contribution in [2.24, 2.45) is 0 Å². The molecule has 2 aromatic heterocycles. The quantitative estimate of drug-likeness (QED) is 0.128. The number of fused-ring (bicyclic) bond motifs is 4. The molecule has 0 bridgehead atoms. The van der Waals surface area contributed by atoms with Crippen LogP contribution in [0.25, 0.3) is 38.8 Å². The Bertz CT molecular complexity index is 3980. The maximum absolute atomic E-state index is 7.36. The normalized spacial score (nSPS) is 13.4. The maximum atomic E-state index is 7.36. The van der Waals surface area contributed by atoms with E-state index < -0.39 is 5.41 Å². The van der Waals surface area contributed by atoms with Crippen LogP contribution in [-0.4, -0.2) is 9.55 Å². The minimum absolute atomic E-state index is 0. The Morgan fingerprint density at radius 1 is 0.427 bits per heavy atom. The number of rotatable bonds is 10. The van der Waals surface area contributed by atoms with Crippen LogP contribution in [-0.2, 0) is 53.6 Å². The molecule has 0 aliphatic carbocycles. The Kier molecular flexibility index (Phi) is 15.0. The van der Waals surface area contributed by atoms with Gasteiger partial charge in [0.1, 0.15) is 5.82 Å². The van der Waals surface area contributed by atoms with E-state index in [1.165, 1.54) is 44.5 Å². The number of nitrogens with zero attached hydrogens (tertiary/aromatic N) is 4. The van der Waals surface area contributed by atoms with E-state index in [2.05, 4.69) is 320 Å². The molecule has 422 valence electrons. The molecule has 0 amide bonds. The van der Waals surface area contributed by atoms with Gasteiger partial charge in [-0.3, -0.25) is 0 Å². The van der Waals surface area contributed by atoms with E-state index in [0.29, 0.717) is 11.5 Å². The minimum atomic E-state index is -0.430. The fourth-order valence-corrected chi connectivity index (χ4v) is 11.9. The van der Waals surface area contributed by atoms with Crippen LogP contribution in [0.15, 0.2) is 182 Å². The van der Waals surface area contributed by atoms with Crippen molar-refractivity contribution >= 4 is 44.6 Å². The summed E-state index contributed by atoms with van der Waals surface area (Å²) in [7, 11) is 0. The molecular formula is C76H79N4OPt-3. The zero-order valence-electron chi connectivity index (χ0n) is 50.9. The van der Waals surface area contributed by atoms with Crippen LogP contribution in [0.1, 0.15) is 155 Å². The van der Waals surface area contributed by atoms with E-state index in [9.17, 15) is 0 Å². The first-order valence-corrected chi connectivity index (χ1v) is 28.8. The summed E-state index contributed by atoms with van der Waals surface area (Å²) in [4.78, 5) is 9.81. The van der Waals surface area contributed by atoms with Gasteiger partial charge in [-0.1, -0.05) is 237 Å². The van der Waals surface area contributed by atoms with E-state index >= 15 is 0 Å². The molecule has 0 spiro atoms. The molecule has 1 aliphatic rings. The Morgan fingerprint density at radius 2 is 0.951 bits per heavy atom. The first-order chi connectivity index (χ1) is 38.2. The Morgan fingerprint density at radius 3 is 1.52 bits per heavy atom. The Hall–Kier alpha value is -7.20. The summed E-state index contributed by atoms with van der Waals surface area (Å²) < 4.78 is 9.63. The van der Waals surface area contributed by atoms with Crippen molar-refractivity contribution in [2.45, 2.75) is 143 Å². The van der Waals surface area contributed by atoms with Crippen LogP contribution in [0.4, 0.5) is 22.7 Å². The van der Waals surface area contributed by atoms with E-state index in [1.54, 1.807) is 0 Å². The molecule has 8 aromatic carbocycles. The van der Waals surface area contributed by atoms with Crippen molar-refractivity contribution in [3.8, 4) is 28.4 Å². The summed E-state index contributed by atoms with van der Waals surface area (Å²) in [6.45, 7) is 39.2. The van der Waals surface area contributed by atoms with Gasteiger partial charge in [0.25, 0.3) is 0 Å². The van der Waals surface area contributed by atoms with Gasteiger partial charge in [-0.05, 0) is 119 Å². The third kappa shape index (κ3) is 10.9. The van der Waals surface area contributed by atoms with E-state index in [1.807, 2.05) is 6.20 Å². The minimum Gasteiger partial charge on any atom is -0.509 e. The van der Waals surface area contributed by atoms with Gasteiger partial charge in [-0.15, -0.1) is 53.8 Å². The second-order valence-electron chi connectivity index (χ2n) is 27.6. The molecule has 0 fully saturated rings. The van der Waals surface area contributed by atoms with Gasteiger partial charge >= 0.3 is 0 Å². The van der Waals surface area contributed by atoms with Crippen molar-refractivity contribution in [1.29, 1.82) is 0 Å². The van der Waals surface area contributed by atoms with Crippen molar-refractivity contribution in [3.63, 3.8) is 0 Å². The van der Waals surface area contributed by atoms with Gasteiger partial charge in [-0.2, -0.15) is 0 Å². The average Bonchev–Trinajstić information content (AvgIpc) is 3.86. The van der Waals surface area contributed by atoms with Gasteiger partial charge in [0, 0.05) is 66.8 Å². The van der Waals surface area contributed by atoms with E-state index in [4.69, 9.17) is 9.72 Å². The largest absolute Gasteiger partial charge is 0.509 e. The van der Waals surface area contributed by atoms with Crippen LogP contribution in [0.5, 0.6) is 11.5 Å². The number of para-hydroxylation sites is 1. The van der Waals surface area contributed by atoms with Crippen molar-refractivity contribution < 1.29 is 25.8 Å². The zero-order chi connectivity index (χ0) is 57.6. The predicted molar refractivity (Wildman–Crippen MR) is 342 cm³/mol. The van der Waals surface area contributed by atoms with Crippen molar-refractivity contribution in [3.05, 3.63) is 245 Å². The van der Waals surface area contributed by atoms with E-state index in [0.717, 1.165) is 61.5 Å². The van der Waals surface area contributed by atoms with Crippen LogP contribution >= 0.6 is 0 Å². The number of hydrogen-bond acceptors (Lipinski definition) is 4. The molecule has 3 heterocycles. The molecule has 10 aromatic rings. The van der Waals surface area contributed by atoms with Crippen LogP contribution in [0.3, 0.4) is 0 Å². The first-order valence-electron chi connectivity index (χ1n) is 28.8. The average molecular weight is 1260 g/mol. The second kappa shape index (κ2) is 21.2. The predicted octanol–water partition coefficient (Wildman–Crippen LogP) is 20.5. The third-order valence-electron chi connectivity index (χ3n) is 16.8. The molecule has 0 saturated heterocycles. The summed E-state index contributed by atoms with van der Waals surface area (Å²) in [5.74, 6) is 2.07. The standard InChI is InChI=1S/C76H79N4O.Pt/c1-71(2,3)54-36-37-77-69(43-54)80-65-35-27-26-34-61(65)70-64(74(10,11)12)45-60(46-68(70)80)81-59-42-56(76(15,16)53-32-24-19-25-33-53)41-58(44-59)79-49-78(66-47-62(72(4,5)6)63(48-67(66)79)73(7,8)9)57-39-51(50-28-20-17-21-29-50)38-55(40-57)75(13,14)52-30-22-18-23-31-52;/h17-43,45,47-49H,1-16H3;/q-3;. The number of hydrogen-bond donors (Lipinski definition) is 0. The molecule has 1 aliphatic heterocycles. The molecule has 0 saturated carbocycles. The molecule has 0 atom stereocenters. The SMILES string of the molecule is CC(C)(C)c1ccnc(-n2c3[c-]c(Oc4[c-]c(N5[CH-]N(c6cc(-c7ccccc7)cc(C(C)(C)c7ccccc7)c6)c6cc(C(C)(C)C)c(C(C)(C)C)cc65)cc(C(C)(C)c5ccccc5)c4)cc(C(C)(C)C)c3c3ccccc32)c1.[Pt]. The number of aromatic nitrogens is 2. The number of ether oxygens (including phenoxy) is 1. The first kappa shape index (κ1) is 58.0. The molecule has 6 heteroatoms. The molecule has 82 heavy (non-hydrogen) atoms. The molecule has 0 radical (unpaired) electrons. The summed E-state index contributed by atoms with van der Waals surface area (Å²) in [5, 5.41) is 2.31. The number of benzene rings is 8. The number of anilines is 4. The molecular weight excluding hydrogens is 1180 g/mol. The van der Waals surface area contributed by atoms with Gasteiger partial charge in [-0.25, -0.2) is 4.98 Å². The zero-order valence-corrected chi connectivity index (χ0v) is 53.2. The number of pyridine rings is 1. The van der Waals surface area contributed by atoms with Gasteiger partial charge in [0.15, 0.2) is 0 Å². The molecule has 0 unspecified atom stereocenters. The third-order valence-corrected chi connectivity index (χ3v) is 16.8. The van der Waals surface area contributed by atoms with Crippen LogP contribution < -0.4 is 14.5 Å². The Labute approximate surface area is 503 Å². The van der Waals surface area contributed by atoms with E-state index in [-0.39, 0.29) is 48.1 Å². The maximum Gasteiger partial charge on any atom is 0.135 e. The Balaban J connectivity index is 0.00000753. The molecule has 5 nitrogen and oxygen atoms in total. The molecule has 0 N–H and O–H groups in total. The topological polar surface area (TPSA) is 33.5 Å². The summed E-state index contributed by atoms with van der Waals surface area (Å²) in [6, 6.07) is 72.1. The summed E-state index contributed by atoms with van der Waals surface area (Å²) in [6.07, 6.45) is 1.94. The van der Waals surface area contributed by atoms with Crippen molar-refractivity contribution in [2.75, 3.05) is 9.80 Å². The monoisotopic (exact) mass is 1260 g/mol. The summed E-state index contributed by atoms with van der Waals surface area (Å²) in [5.41, 5.74) is 16.9. The van der Waals surface area contributed by atoms with Crippen LogP contribution in [0, 0.1) is 18.8 Å². The van der Waals surface area contributed by atoms with Gasteiger partial charge in [0.05, 0.1) is 0 Å². The van der Waals surface area contributed by atoms with Gasteiger partial charge in [0.2, 0.25) is 0 Å². The fourth-order valence-electron chi connectivity index (χ4n) is 11.9. The second-order valence-corrected chi connectivity index (χ2v) is 27.6. The summed E-state index contributed by atoms with van der Waals surface area (Å²) >= 11 is 0. The fraction of sp³-hybridized carbons (Fsp3) is 0.289. The van der Waals surface area contributed by atoms with Gasteiger partial charge < -0.3 is 19.1 Å². The van der Waals surface area contributed by atoms with Crippen LogP contribution in [0.2, 0.25) is 0 Å². The van der Waals surface area contributed by atoms with Crippen molar-refractivity contribution in [1.82, 2.24) is 9.55 Å².